The van der Waals surface area contributed by atoms with Crippen LogP contribution in [0.1, 0.15) is 27.7 Å². The van der Waals surface area contributed by atoms with Gasteiger partial charge in [-0.05, 0) is 27.7 Å². The molecule has 0 N–H and O–H groups in total. The van der Waals surface area contributed by atoms with Crippen molar-refractivity contribution in [3.8, 4) is 0 Å². The number of hydrogen-bond acceptors (Lipinski definition) is 4. The summed E-state index contributed by atoms with van der Waals surface area (Å²) in [5.74, 6) is -30.1. The van der Waals surface area contributed by atoms with Crippen molar-refractivity contribution in [3.05, 3.63) is 12.2 Å². The number of carbonyl (C=O) groups is 2. The molecule has 4 nitrogen and oxygen atoms in total. The molecule has 0 unspecified atom stereocenters. The topological polar surface area (TPSA) is 52.6 Å². The van der Waals surface area contributed by atoms with Gasteiger partial charge in [-0.1, -0.05) is 0 Å². The summed E-state index contributed by atoms with van der Waals surface area (Å²) >= 11 is 0. The molecule has 0 fully saturated rings. The Kier molecular flexibility index (Phi) is 8.14. The van der Waals surface area contributed by atoms with Crippen LogP contribution >= 0.6 is 0 Å². The van der Waals surface area contributed by atoms with Crippen molar-refractivity contribution in [3.63, 3.8) is 0 Å². The van der Waals surface area contributed by atoms with Gasteiger partial charge >= 0.3 is 48.0 Å². The minimum Gasteiger partial charge on any atom is -0.450 e. The second-order valence-electron chi connectivity index (χ2n) is 7.49. The van der Waals surface area contributed by atoms with E-state index in [9.17, 15) is 71.1 Å². The van der Waals surface area contributed by atoms with Crippen molar-refractivity contribution in [2.24, 2.45) is 0 Å². The molecular formula is C16H14F14O4. The van der Waals surface area contributed by atoms with Gasteiger partial charge in [0.05, 0.1) is 0 Å². The van der Waals surface area contributed by atoms with Crippen LogP contribution in [0.5, 0.6) is 0 Å². The summed E-state index contributed by atoms with van der Waals surface area (Å²) in [6.45, 7) is -0.335. The fraction of sp³-hybridized carbons (Fsp3) is 0.750. The van der Waals surface area contributed by atoms with Crippen molar-refractivity contribution in [2.75, 3.05) is 0 Å². The van der Waals surface area contributed by atoms with Crippen LogP contribution in [-0.4, -0.2) is 59.2 Å². The highest BCUT2D eigenvalue weighted by Gasteiger charge is 2.79. The van der Waals surface area contributed by atoms with E-state index in [2.05, 4.69) is 9.47 Å². The fourth-order valence-corrected chi connectivity index (χ4v) is 1.95. The lowest BCUT2D eigenvalue weighted by molar-refractivity contribution is -0.383. The Hall–Kier alpha value is -2.30. The number of ether oxygens (including phenoxy) is 2. The smallest absolute Gasteiger partial charge is 0.450 e. The summed E-state index contributed by atoms with van der Waals surface area (Å²) in [5, 5.41) is 0. The molecular weight excluding hydrogens is 522 g/mol. The molecule has 0 rings (SSSR count). The maximum absolute atomic E-state index is 13.7. The lowest BCUT2D eigenvalue weighted by Gasteiger charge is -2.38. The van der Waals surface area contributed by atoms with Gasteiger partial charge in [0, 0.05) is 12.2 Å². The van der Waals surface area contributed by atoms with Crippen molar-refractivity contribution >= 4 is 11.9 Å². The minimum atomic E-state index is -6.80. The number of esters is 2. The number of alkyl halides is 14. The largest absolute Gasteiger partial charge is 0.460 e. The molecule has 0 aromatic heterocycles. The second kappa shape index (κ2) is 8.73. The van der Waals surface area contributed by atoms with Gasteiger partial charge in [0.25, 0.3) is 0 Å². The Bertz CT molecular complexity index is 740. The molecule has 0 aliphatic heterocycles. The highest BCUT2D eigenvalue weighted by molar-refractivity contribution is 5.92. The van der Waals surface area contributed by atoms with Crippen LogP contribution in [0.15, 0.2) is 12.2 Å². The Labute approximate surface area is 180 Å². The maximum Gasteiger partial charge on any atom is 0.460 e. The zero-order valence-corrected chi connectivity index (χ0v) is 17.1. The van der Waals surface area contributed by atoms with Crippen LogP contribution in [0.4, 0.5) is 61.5 Å². The van der Waals surface area contributed by atoms with Crippen molar-refractivity contribution < 1.29 is 80.5 Å². The van der Waals surface area contributed by atoms with Crippen LogP contribution in [0, 0.1) is 0 Å². The first kappa shape index (κ1) is 31.7. The summed E-state index contributed by atoms with van der Waals surface area (Å²) in [6.07, 6.45) is -14.3. The fourth-order valence-electron chi connectivity index (χ4n) is 1.95. The van der Waals surface area contributed by atoms with Crippen LogP contribution in [0.3, 0.4) is 0 Å². The number of hydrogen-bond donors (Lipinski definition) is 0. The molecule has 0 aromatic carbocycles. The minimum absolute atomic E-state index is 0.0837. The van der Waals surface area contributed by atoms with Gasteiger partial charge in [0.2, 0.25) is 0 Å². The average Bonchev–Trinajstić information content (AvgIpc) is 2.56. The molecule has 0 radical (unpaired) electrons. The van der Waals surface area contributed by atoms with Gasteiger partial charge in [0.1, 0.15) is 0 Å². The van der Waals surface area contributed by atoms with Gasteiger partial charge < -0.3 is 9.47 Å². The van der Waals surface area contributed by atoms with Gasteiger partial charge in [-0.2, -0.15) is 61.5 Å². The van der Waals surface area contributed by atoms with E-state index in [0.717, 1.165) is 0 Å². The molecule has 0 aromatic rings. The van der Waals surface area contributed by atoms with Crippen LogP contribution in [0.25, 0.3) is 0 Å². The molecule has 18 heteroatoms. The third-order valence-corrected chi connectivity index (χ3v) is 4.08. The maximum atomic E-state index is 13.7. The molecule has 0 saturated carbocycles. The van der Waals surface area contributed by atoms with Gasteiger partial charge in [-0.25, -0.2) is 9.59 Å². The summed E-state index contributed by atoms with van der Waals surface area (Å²) in [6, 6.07) is 0. The standard InChI is InChI=1S/C16H14F14O4/c1-9(2,11(17,18)13(21,22)15(25,26)27)33-7(31)5-6-8(32)34-10(3,4)12(19,20)14(23,24)16(28,29)30/h5-6H,1-4H3/b6-5+. The van der Waals surface area contributed by atoms with E-state index in [1.54, 1.807) is 0 Å². The molecule has 0 atom stereocenters. The molecule has 0 aliphatic carbocycles. The predicted octanol–water partition coefficient (Wildman–Crippen LogP) is 5.85. The first-order valence-electron chi connectivity index (χ1n) is 8.28. The Morgan fingerprint density at radius 2 is 0.676 bits per heavy atom. The zero-order chi connectivity index (χ0) is 28.0. The monoisotopic (exact) mass is 536 g/mol. The van der Waals surface area contributed by atoms with E-state index < -0.39 is 59.2 Å². The molecule has 0 amide bonds. The zero-order valence-electron chi connectivity index (χ0n) is 17.1. The summed E-state index contributed by atoms with van der Waals surface area (Å²) in [7, 11) is 0. The van der Waals surface area contributed by atoms with Gasteiger partial charge in [0.15, 0.2) is 11.2 Å². The Morgan fingerprint density at radius 3 is 0.853 bits per heavy atom. The number of halogens is 14. The van der Waals surface area contributed by atoms with E-state index in [-0.39, 0.29) is 39.8 Å². The van der Waals surface area contributed by atoms with E-state index >= 15 is 0 Å². The molecule has 200 valence electrons. The van der Waals surface area contributed by atoms with E-state index in [1.807, 2.05) is 0 Å². The molecule has 0 spiro atoms. The van der Waals surface area contributed by atoms with Gasteiger partial charge in [-0.15, -0.1) is 0 Å². The molecule has 0 heterocycles. The average molecular weight is 536 g/mol. The van der Waals surface area contributed by atoms with Crippen LogP contribution in [-0.2, 0) is 19.1 Å². The summed E-state index contributed by atoms with van der Waals surface area (Å²) in [5.41, 5.74) is -7.81. The number of rotatable bonds is 8. The SMILES string of the molecule is CC(C)(OC(=O)/C=C/C(=O)OC(C)(C)C(F)(F)C(F)(F)C(F)(F)F)C(F)(F)C(F)(F)C(F)(F)F. The van der Waals surface area contributed by atoms with Crippen molar-refractivity contribution in [1.29, 1.82) is 0 Å². The van der Waals surface area contributed by atoms with Crippen molar-refractivity contribution in [2.45, 2.75) is 74.9 Å². The lowest BCUT2D eigenvalue weighted by Crippen LogP contribution is -2.63. The molecule has 0 aliphatic rings. The normalized spacial score (nSPS) is 15.5. The summed E-state index contributed by atoms with van der Waals surface area (Å²) in [4.78, 5) is 22.9. The second-order valence-corrected chi connectivity index (χ2v) is 7.49. The van der Waals surface area contributed by atoms with E-state index in [0.29, 0.717) is 0 Å². The molecule has 0 bridgehead atoms. The third kappa shape index (κ3) is 5.50. The first-order valence-corrected chi connectivity index (χ1v) is 8.28. The van der Waals surface area contributed by atoms with E-state index in [4.69, 9.17) is 0 Å². The van der Waals surface area contributed by atoms with Gasteiger partial charge in [-0.3, -0.25) is 0 Å². The Balaban J connectivity index is 5.61. The summed E-state index contributed by atoms with van der Waals surface area (Å²) < 4.78 is 188. The predicted molar refractivity (Wildman–Crippen MR) is 81.4 cm³/mol. The van der Waals surface area contributed by atoms with Crippen LogP contribution in [0.2, 0.25) is 0 Å². The quantitative estimate of drug-likeness (QED) is 0.222. The van der Waals surface area contributed by atoms with Crippen molar-refractivity contribution in [1.82, 2.24) is 0 Å². The highest BCUT2D eigenvalue weighted by Crippen LogP contribution is 2.53. The number of carbonyl (C=O) groups excluding carboxylic acids is 2. The highest BCUT2D eigenvalue weighted by atomic mass is 19.4. The van der Waals surface area contributed by atoms with E-state index in [1.165, 1.54) is 0 Å². The molecule has 34 heavy (non-hydrogen) atoms. The lowest BCUT2D eigenvalue weighted by atomic mass is 9.93. The molecule has 0 saturated heterocycles. The third-order valence-electron chi connectivity index (χ3n) is 4.08. The first-order chi connectivity index (χ1) is 14.5. The van der Waals surface area contributed by atoms with Crippen LogP contribution < -0.4 is 0 Å². The Morgan fingerprint density at radius 1 is 0.471 bits per heavy atom.